The highest BCUT2D eigenvalue weighted by molar-refractivity contribution is 7.92. The molecule has 0 spiro atoms. The van der Waals surface area contributed by atoms with Crippen LogP contribution in [0.5, 0.6) is 0 Å². The van der Waals surface area contributed by atoms with E-state index in [1.165, 1.54) is 6.92 Å². The van der Waals surface area contributed by atoms with E-state index in [-0.39, 0.29) is 24.5 Å². The Morgan fingerprint density at radius 2 is 2.17 bits per heavy atom. The van der Waals surface area contributed by atoms with Gasteiger partial charge in [-0.05, 0) is 25.7 Å². The summed E-state index contributed by atoms with van der Waals surface area (Å²) in [5.41, 5.74) is 0.440. The fraction of sp³-hybridized carbons (Fsp3) is 0.533. The molecule has 0 radical (unpaired) electrons. The Morgan fingerprint density at radius 1 is 1.52 bits per heavy atom. The number of carbonyl (C=O) groups is 2. The van der Waals surface area contributed by atoms with E-state index in [0.717, 1.165) is 6.26 Å². The molecule has 8 heteroatoms. The third-order valence-corrected chi connectivity index (χ3v) is 6.05. The van der Waals surface area contributed by atoms with Gasteiger partial charge in [-0.25, -0.2) is 8.42 Å². The van der Waals surface area contributed by atoms with E-state index >= 15 is 0 Å². The molecule has 23 heavy (non-hydrogen) atoms. The van der Waals surface area contributed by atoms with Gasteiger partial charge < -0.3 is 9.63 Å². The van der Waals surface area contributed by atoms with Gasteiger partial charge in [0.1, 0.15) is 5.78 Å². The Labute approximate surface area is 134 Å². The first-order valence-electron chi connectivity index (χ1n) is 7.03. The Morgan fingerprint density at radius 3 is 2.70 bits per heavy atom. The number of carbonyl (C=O) groups excluding carboxylic acids is 1. The number of nitrogens with zero attached hydrogens (tertiary/aromatic N) is 1. The molecule has 1 saturated carbocycles. The van der Waals surface area contributed by atoms with E-state index in [0.29, 0.717) is 24.3 Å². The molecule has 1 fully saturated rings. The van der Waals surface area contributed by atoms with Crippen molar-refractivity contribution in [2.75, 3.05) is 6.26 Å². The summed E-state index contributed by atoms with van der Waals surface area (Å²) in [6, 6.07) is 1.55. The van der Waals surface area contributed by atoms with E-state index in [4.69, 9.17) is 4.52 Å². The molecule has 0 aliphatic heterocycles. The van der Waals surface area contributed by atoms with Gasteiger partial charge in [-0.2, -0.15) is 0 Å². The average molecular weight is 339 g/mol. The van der Waals surface area contributed by atoms with Crippen LogP contribution in [0.4, 0.5) is 0 Å². The molecule has 1 heterocycles. The van der Waals surface area contributed by atoms with Crippen LogP contribution in [0.1, 0.15) is 37.6 Å². The van der Waals surface area contributed by atoms with Crippen molar-refractivity contribution >= 4 is 21.6 Å². The molecule has 1 aromatic heterocycles. The largest absolute Gasteiger partial charge is 0.480 e. The SMILES string of the molecule is CC(CCc1cc(C#CC2CC(=O)C2)on1)(C(=O)O)S(C)(=O)=O. The second kappa shape index (κ2) is 6.16. The maximum absolute atomic E-state index is 11.7. The first-order valence-corrected chi connectivity index (χ1v) is 8.93. The molecule has 1 unspecified atom stereocenters. The van der Waals surface area contributed by atoms with Crippen LogP contribution in [0.2, 0.25) is 0 Å². The summed E-state index contributed by atoms with van der Waals surface area (Å²) in [5.74, 6) is 4.84. The van der Waals surface area contributed by atoms with E-state index in [1.54, 1.807) is 6.07 Å². The fourth-order valence-electron chi connectivity index (χ4n) is 2.07. The summed E-state index contributed by atoms with van der Waals surface area (Å²) in [5, 5.41) is 12.9. The van der Waals surface area contributed by atoms with Crippen molar-refractivity contribution in [3.63, 3.8) is 0 Å². The summed E-state index contributed by atoms with van der Waals surface area (Å²) in [4.78, 5) is 22.1. The predicted molar refractivity (Wildman–Crippen MR) is 80.3 cm³/mol. The van der Waals surface area contributed by atoms with Crippen molar-refractivity contribution in [2.45, 2.75) is 37.4 Å². The Hall–Kier alpha value is -2.14. The number of hydrogen-bond donors (Lipinski definition) is 1. The van der Waals surface area contributed by atoms with Crippen molar-refractivity contribution < 1.29 is 27.6 Å². The van der Waals surface area contributed by atoms with E-state index in [2.05, 4.69) is 17.0 Å². The van der Waals surface area contributed by atoms with Gasteiger partial charge in [0.15, 0.2) is 14.6 Å². The molecule has 124 valence electrons. The van der Waals surface area contributed by atoms with Gasteiger partial charge in [-0.1, -0.05) is 11.1 Å². The highest BCUT2D eigenvalue weighted by Gasteiger charge is 2.43. The maximum Gasteiger partial charge on any atom is 0.324 e. The molecule has 1 aliphatic rings. The van der Waals surface area contributed by atoms with Crippen LogP contribution in [-0.2, 0) is 25.8 Å². The number of sulfone groups is 1. The van der Waals surface area contributed by atoms with Crippen molar-refractivity contribution in [1.29, 1.82) is 0 Å². The molecule has 7 nitrogen and oxygen atoms in total. The van der Waals surface area contributed by atoms with Crippen LogP contribution in [-0.4, -0.2) is 41.4 Å². The molecular formula is C15H17NO6S. The lowest BCUT2D eigenvalue weighted by atomic mass is 9.85. The van der Waals surface area contributed by atoms with Crippen LogP contribution < -0.4 is 0 Å². The Bertz CT molecular complexity index is 789. The molecule has 1 atom stereocenters. The van der Waals surface area contributed by atoms with Crippen molar-refractivity contribution in [3.8, 4) is 11.8 Å². The predicted octanol–water partition coefficient (Wildman–Crippen LogP) is 0.826. The molecule has 1 aromatic rings. The van der Waals surface area contributed by atoms with Crippen LogP contribution in [0.25, 0.3) is 0 Å². The van der Waals surface area contributed by atoms with Gasteiger partial charge in [0, 0.05) is 31.1 Å². The van der Waals surface area contributed by atoms with E-state index in [9.17, 15) is 23.1 Å². The zero-order valence-electron chi connectivity index (χ0n) is 12.8. The lowest BCUT2D eigenvalue weighted by molar-refractivity contribution is -0.139. The van der Waals surface area contributed by atoms with E-state index < -0.39 is 20.6 Å². The zero-order valence-corrected chi connectivity index (χ0v) is 13.6. The number of carboxylic acid groups (broad SMARTS) is 1. The number of ketones is 1. The second-order valence-corrected chi connectivity index (χ2v) is 8.35. The first-order chi connectivity index (χ1) is 10.6. The lowest BCUT2D eigenvalue weighted by Crippen LogP contribution is -2.43. The summed E-state index contributed by atoms with van der Waals surface area (Å²) >= 11 is 0. The van der Waals surface area contributed by atoms with E-state index in [1.807, 2.05) is 0 Å². The summed E-state index contributed by atoms with van der Waals surface area (Å²) in [7, 11) is -3.77. The Balaban J connectivity index is 2.01. The minimum Gasteiger partial charge on any atom is -0.480 e. The van der Waals surface area contributed by atoms with Crippen molar-refractivity contribution in [3.05, 3.63) is 17.5 Å². The number of rotatable bonds is 5. The third kappa shape index (κ3) is 3.79. The van der Waals surface area contributed by atoms with Gasteiger partial charge in [0.05, 0.1) is 5.69 Å². The lowest BCUT2D eigenvalue weighted by Gasteiger charge is -2.21. The normalized spacial score (nSPS) is 17.7. The second-order valence-electron chi connectivity index (χ2n) is 5.90. The van der Waals surface area contributed by atoms with Crippen LogP contribution in [0, 0.1) is 17.8 Å². The summed E-state index contributed by atoms with van der Waals surface area (Å²) in [6.45, 7) is 1.18. The molecule has 1 aliphatic carbocycles. The fourth-order valence-corrected chi connectivity index (χ4v) is 2.86. The van der Waals surface area contributed by atoms with Crippen LogP contribution in [0.3, 0.4) is 0 Å². The molecule has 0 bridgehead atoms. The van der Waals surface area contributed by atoms with Gasteiger partial charge in [-0.3, -0.25) is 9.59 Å². The minimum atomic E-state index is -3.77. The average Bonchev–Trinajstić information content (AvgIpc) is 2.86. The molecular weight excluding hydrogens is 322 g/mol. The molecule has 1 N–H and O–H groups in total. The van der Waals surface area contributed by atoms with Gasteiger partial charge in [-0.15, -0.1) is 0 Å². The van der Waals surface area contributed by atoms with Gasteiger partial charge >= 0.3 is 5.97 Å². The summed E-state index contributed by atoms with van der Waals surface area (Å²) in [6.07, 6.45) is 1.85. The monoisotopic (exact) mass is 339 g/mol. The topological polar surface area (TPSA) is 115 Å². The summed E-state index contributed by atoms with van der Waals surface area (Å²) < 4.78 is 26.5. The quantitative estimate of drug-likeness (QED) is 0.790. The number of aromatic nitrogens is 1. The number of carboxylic acids is 1. The Kier molecular flexibility index (Phi) is 4.61. The minimum absolute atomic E-state index is 0.0524. The van der Waals surface area contributed by atoms with Crippen LogP contribution in [0.15, 0.2) is 10.6 Å². The highest BCUT2D eigenvalue weighted by atomic mass is 32.2. The first kappa shape index (κ1) is 17.2. The van der Waals surface area contributed by atoms with Crippen molar-refractivity contribution in [2.24, 2.45) is 5.92 Å². The highest BCUT2D eigenvalue weighted by Crippen LogP contribution is 2.24. The third-order valence-electron chi connectivity index (χ3n) is 4.04. The molecule has 2 rings (SSSR count). The van der Waals surface area contributed by atoms with Gasteiger partial charge in [0.2, 0.25) is 5.76 Å². The molecule has 0 amide bonds. The molecule has 0 saturated heterocycles. The van der Waals surface area contributed by atoms with Crippen molar-refractivity contribution in [1.82, 2.24) is 5.16 Å². The van der Waals surface area contributed by atoms with Crippen LogP contribution >= 0.6 is 0 Å². The number of aryl methyl sites for hydroxylation is 1. The maximum atomic E-state index is 11.7. The molecule has 0 aromatic carbocycles. The smallest absolute Gasteiger partial charge is 0.324 e. The number of hydrogen-bond acceptors (Lipinski definition) is 6. The van der Waals surface area contributed by atoms with Gasteiger partial charge in [0.25, 0.3) is 0 Å². The number of Topliss-reactive ketones (excluding diaryl/α,β-unsaturated/α-hetero) is 1. The zero-order chi connectivity index (χ0) is 17.3. The standard InChI is InChI=1S/C15H17NO6S/c1-15(14(18)19,23(2,20)21)6-5-11-9-13(22-16-11)4-3-10-7-12(17)8-10/h9-10H,5-8H2,1-2H3,(H,18,19). The number of aliphatic carboxylic acids is 1.